The maximum Gasteiger partial charge on any atom is 0.338 e. The van der Waals surface area contributed by atoms with Gasteiger partial charge in [0.15, 0.2) is 5.82 Å². The first-order valence-corrected chi connectivity index (χ1v) is 12.1. The molecule has 178 valence electrons. The van der Waals surface area contributed by atoms with Gasteiger partial charge in [-0.25, -0.2) is 14.8 Å². The fourth-order valence-electron chi connectivity index (χ4n) is 3.42. The molecule has 2 aromatic heterocycles. The van der Waals surface area contributed by atoms with Crippen molar-refractivity contribution in [3.63, 3.8) is 0 Å². The van der Waals surface area contributed by atoms with E-state index in [4.69, 9.17) is 4.74 Å². The first-order chi connectivity index (χ1) is 17.0. The maximum absolute atomic E-state index is 13.2. The van der Waals surface area contributed by atoms with Crippen LogP contribution in [-0.4, -0.2) is 44.6 Å². The highest BCUT2D eigenvalue weighted by atomic mass is 32.2. The van der Waals surface area contributed by atoms with Crippen molar-refractivity contribution in [3.05, 3.63) is 83.9 Å². The third kappa shape index (κ3) is 5.75. The summed E-state index contributed by atoms with van der Waals surface area (Å²) in [6.07, 6.45) is 4.05. The molecule has 1 amide bonds. The number of esters is 1. The SMILES string of the molecule is CCCOC(=O)c1ccc(NC(=O)CSc2cc(C(=O)c3nccn3C)c3ccccc3n2)cc1. The van der Waals surface area contributed by atoms with Crippen molar-refractivity contribution in [2.75, 3.05) is 17.7 Å². The van der Waals surface area contributed by atoms with Crippen LogP contribution in [0, 0.1) is 0 Å². The third-order valence-electron chi connectivity index (χ3n) is 5.15. The van der Waals surface area contributed by atoms with E-state index in [0.29, 0.717) is 39.8 Å². The number of ether oxygens (including phenoxy) is 1. The van der Waals surface area contributed by atoms with Crippen LogP contribution in [0.1, 0.15) is 39.9 Å². The molecule has 0 aliphatic carbocycles. The van der Waals surface area contributed by atoms with Crippen LogP contribution in [0.3, 0.4) is 0 Å². The van der Waals surface area contributed by atoms with E-state index in [2.05, 4.69) is 15.3 Å². The molecule has 9 heteroatoms. The van der Waals surface area contributed by atoms with Gasteiger partial charge in [0.05, 0.1) is 28.5 Å². The summed E-state index contributed by atoms with van der Waals surface area (Å²) in [5.41, 5.74) is 2.15. The second kappa shape index (κ2) is 11.0. The zero-order valence-corrected chi connectivity index (χ0v) is 20.2. The first-order valence-electron chi connectivity index (χ1n) is 11.1. The minimum atomic E-state index is -0.390. The number of carbonyl (C=O) groups excluding carboxylic acids is 3. The summed E-state index contributed by atoms with van der Waals surface area (Å²) < 4.78 is 6.78. The molecular weight excluding hydrogens is 464 g/mol. The number of imidazole rings is 1. The van der Waals surface area contributed by atoms with Gasteiger partial charge in [0.1, 0.15) is 0 Å². The van der Waals surface area contributed by atoms with E-state index in [1.807, 2.05) is 31.2 Å². The predicted octanol–water partition coefficient (Wildman–Crippen LogP) is 4.50. The van der Waals surface area contributed by atoms with Crippen LogP contribution >= 0.6 is 11.8 Å². The largest absolute Gasteiger partial charge is 0.462 e. The monoisotopic (exact) mass is 488 g/mol. The quantitative estimate of drug-likeness (QED) is 0.210. The number of ketones is 1. The van der Waals surface area contributed by atoms with Crippen LogP contribution in [0.25, 0.3) is 10.9 Å². The van der Waals surface area contributed by atoms with Gasteiger partial charge in [-0.3, -0.25) is 9.59 Å². The molecule has 2 heterocycles. The Morgan fingerprint density at radius 1 is 1.09 bits per heavy atom. The Hall–Kier alpha value is -3.98. The number of pyridine rings is 1. The molecule has 8 nitrogen and oxygen atoms in total. The second-order valence-electron chi connectivity index (χ2n) is 7.77. The topological polar surface area (TPSA) is 103 Å². The number of aryl methyl sites for hydroxylation is 1. The van der Waals surface area contributed by atoms with Gasteiger partial charge in [-0.1, -0.05) is 36.9 Å². The average molecular weight is 489 g/mol. The van der Waals surface area contributed by atoms with Gasteiger partial charge in [-0.05, 0) is 42.8 Å². The van der Waals surface area contributed by atoms with E-state index < -0.39 is 5.97 Å². The lowest BCUT2D eigenvalue weighted by Crippen LogP contribution is -2.14. The van der Waals surface area contributed by atoms with Crippen molar-refractivity contribution in [2.24, 2.45) is 7.05 Å². The molecule has 0 aliphatic heterocycles. The summed E-state index contributed by atoms with van der Waals surface area (Å²) >= 11 is 1.24. The number of rotatable bonds is 9. The minimum Gasteiger partial charge on any atom is -0.462 e. The lowest BCUT2D eigenvalue weighted by Gasteiger charge is -2.10. The molecule has 0 bridgehead atoms. The Bertz CT molecular complexity index is 1380. The number of hydrogen-bond acceptors (Lipinski definition) is 7. The van der Waals surface area contributed by atoms with Crippen molar-refractivity contribution in [1.82, 2.24) is 14.5 Å². The Labute approximate surface area is 206 Å². The third-order valence-corrected chi connectivity index (χ3v) is 6.07. The summed E-state index contributed by atoms with van der Waals surface area (Å²) in [6.45, 7) is 2.29. The van der Waals surface area contributed by atoms with Crippen LogP contribution in [0.2, 0.25) is 0 Å². The molecule has 0 radical (unpaired) electrons. The fraction of sp³-hybridized carbons (Fsp3) is 0.192. The van der Waals surface area contributed by atoms with Gasteiger partial charge >= 0.3 is 5.97 Å². The number of nitrogens with zero attached hydrogens (tertiary/aromatic N) is 3. The summed E-state index contributed by atoms with van der Waals surface area (Å²) in [4.78, 5) is 46.4. The van der Waals surface area contributed by atoms with Crippen molar-refractivity contribution < 1.29 is 19.1 Å². The van der Waals surface area contributed by atoms with Crippen LogP contribution in [0.5, 0.6) is 0 Å². The molecular formula is C26H24N4O4S. The standard InChI is InChI=1S/C26H24N4O4S/c1-3-14-34-26(33)17-8-10-18(11-9-17)28-22(31)16-35-23-15-20(19-6-4-5-7-21(19)29-23)24(32)25-27-12-13-30(25)2/h4-13,15H,3,14,16H2,1-2H3,(H,28,31). The maximum atomic E-state index is 13.2. The second-order valence-corrected chi connectivity index (χ2v) is 8.76. The smallest absolute Gasteiger partial charge is 0.338 e. The number of thioether (sulfide) groups is 1. The van der Waals surface area contributed by atoms with E-state index in [-0.39, 0.29) is 17.4 Å². The van der Waals surface area contributed by atoms with Crippen LogP contribution in [0.4, 0.5) is 5.69 Å². The Balaban J connectivity index is 1.45. The van der Waals surface area contributed by atoms with Crippen molar-refractivity contribution in [2.45, 2.75) is 18.4 Å². The highest BCUT2D eigenvalue weighted by Gasteiger charge is 2.19. The molecule has 1 N–H and O–H groups in total. The highest BCUT2D eigenvalue weighted by Crippen LogP contribution is 2.26. The predicted molar refractivity (Wildman–Crippen MR) is 135 cm³/mol. The molecule has 0 saturated heterocycles. The summed E-state index contributed by atoms with van der Waals surface area (Å²) in [6, 6.07) is 15.6. The van der Waals surface area contributed by atoms with Crippen LogP contribution in [-0.2, 0) is 16.6 Å². The Morgan fingerprint density at radius 3 is 2.57 bits per heavy atom. The van der Waals surface area contributed by atoms with Crippen molar-refractivity contribution in [3.8, 4) is 0 Å². The van der Waals surface area contributed by atoms with Crippen LogP contribution < -0.4 is 5.32 Å². The molecule has 0 atom stereocenters. The van der Waals surface area contributed by atoms with Gasteiger partial charge in [0.25, 0.3) is 0 Å². The minimum absolute atomic E-state index is 0.0989. The number of para-hydroxylation sites is 1. The number of aromatic nitrogens is 3. The molecule has 0 spiro atoms. The van der Waals surface area contributed by atoms with E-state index in [1.54, 1.807) is 54.3 Å². The first kappa shape index (κ1) is 24.2. The average Bonchev–Trinajstić information content (AvgIpc) is 3.31. The molecule has 2 aromatic carbocycles. The molecule has 0 unspecified atom stereocenters. The van der Waals surface area contributed by atoms with Gasteiger partial charge in [-0.2, -0.15) is 0 Å². The summed E-state index contributed by atoms with van der Waals surface area (Å²) in [5, 5.41) is 4.10. The van der Waals surface area contributed by atoms with Crippen molar-refractivity contribution in [1.29, 1.82) is 0 Å². The number of carbonyl (C=O) groups is 3. The summed E-state index contributed by atoms with van der Waals surface area (Å²) in [7, 11) is 1.77. The summed E-state index contributed by atoms with van der Waals surface area (Å²) in [5.74, 6) is -0.402. The molecule has 0 aliphatic rings. The van der Waals surface area contributed by atoms with E-state index in [0.717, 1.165) is 11.8 Å². The zero-order chi connectivity index (χ0) is 24.8. The number of anilines is 1. The van der Waals surface area contributed by atoms with Crippen LogP contribution in [0.15, 0.2) is 72.0 Å². The number of benzene rings is 2. The van der Waals surface area contributed by atoms with Gasteiger partial charge in [-0.15, -0.1) is 0 Å². The lowest BCUT2D eigenvalue weighted by atomic mass is 10.1. The number of fused-ring (bicyclic) bond motifs is 1. The molecule has 35 heavy (non-hydrogen) atoms. The molecule has 4 aromatic rings. The van der Waals surface area contributed by atoms with Gasteiger partial charge in [0, 0.05) is 36.1 Å². The van der Waals surface area contributed by atoms with E-state index >= 15 is 0 Å². The Morgan fingerprint density at radius 2 is 1.86 bits per heavy atom. The van der Waals surface area contributed by atoms with E-state index in [9.17, 15) is 14.4 Å². The lowest BCUT2D eigenvalue weighted by molar-refractivity contribution is -0.113. The zero-order valence-electron chi connectivity index (χ0n) is 19.4. The van der Waals surface area contributed by atoms with Crippen molar-refractivity contribution >= 4 is 46.0 Å². The molecule has 0 fully saturated rings. The number of hydrogen-bond donors (Lipinski definition) is 1. The number of nitrogens with one attached hydrogen (secondary N) is 1. The number of amides is 1. The Kier molecular flexibility index (Phi) is 7.57. The van der Waals surface area contributed by atoms with Gasteiger partial charge in [0.2, 0.25) is 11.7 Å². The highest BCUT2D eigenvalue weighted by molar-refractivity contribution is 7.99. The molecule has 0 saturated carbocycles. The molecule has 4 rings (SSSR count). The fourth-order valence-corrected chi connectivity index (χ4v) is 4.14. The van der Waals surface area contributed by atoms with Gasteiger partial charge < -0.3 is 14.6 Å². The normalized spacial score (nSPS) is 10.8. The van der Waals surface area contributed by atoms with E-state index in [1.165, 1.54) is 11.8 Å².